The third-order valence-corrected chi connectivity index (χ3v) is 0.883. The highest BCUT2D eigenvalue weighted by molar-refractivity contribution is 5.88. The van der Waals surface area contributed by atoms with Crippen LogP contribution in [0.25, 0.3) is 0 Å². The van der Waals surface area contributed by atoms with Crippen LogP contribution in [-0.2, 0) is 9.53 Å². The highest BCUT2D eigenvalue weighted by Crippen LogP contribution is 1.79. The summed E-state index contributed by atoms with van der Waals surface area (Å²) in [6.07, 6.45) is 1.31. The van der Waals surface area contributed by atoms with Crippen LogP contribution in [0.15, 0.2) is 6.33 Å². The second kappa shape index (κ2) is 3.37. The summed E-state index contributed by atoms with van der Waals surface area (Å²) in [5.41, 5.74) is 0. The molecule has 0 bridgehead atoms. The van der Waals surface area contributed by atoms with E-state index in [0.29, 0.717) is 5.82 Å². The van der Waals surface area contributed by atoms with E-state index in [0.717, 1.165) is 0 Å². The van der Waals surface area contributed by atoms with Crippen LogP contribution in [0.4, 0.5) is 0 Å². The minimum absolute atomic E-state index is 0.343. The van der Waals surface area contributed by atoms with E-state index in [4.69, 9.17) is 0 Å². The maximum atomic E-state index is 10.4. The Balaban J connectivity index is 2.66. The van der Waals surface area contributed by atoms with Gasteiger partial charge in [0.05, 0.1) is 7.11 Å². The summed E-state index contributed by atoms with van der Waals surface area (Å²) in [5, 5.41) is 6.01. The number of carbonyl (C=O) groups is 1. The normalized spacial score (nSPS) is 8.09. The molecule has 0 atom stereocenters. The average molecular weight is 151 g/mol. The first kappa shape index (κ1) is 7.28. The van der Waals surface area contributed by atoms with E-state index in [1.165, 1.54) is 13.4 Å². The highest BCUT2D eigenvalue weighted by Gasteiger charge is 1.90. The van der Waals surface area contributed by atoms with Gasteiger partial charge in [-0.1, -0.05) is 0 Å². The first-order chi connectivity index (χ1) is 5.33. The van der Waals surface area contributed by atoms with Gasteiger partial charge in [0.1, 0.15) is 6.33 Å². The Morgan fingerprint density at radius 2 is 2.64 bits per heavy atom. The zero-order chi connectivity index (χ0) is 8.10. The van der Waals surface area contributed by atoms with Crippen molar-refractivity contribution in [3.63, 3.8) is 0 Å². The van der Waals surface area contributed by atoms with Crippen molar-refractivity contribution < 1.29 is 9.53 Å². The molecule has 0 spiro atoms. The summed E-state index contributed by atoms with van der Waals surface area (Å²) in [5.74, 6) is 4.36. The molecule has 0 amide bonds. The lowest BCUT2D eigenvalue weighted by atomic mass is 10.5. The van der Waals surface area contributed by atoms with E-state index < -0.39 is 5.97 Å². The number of aromatic amines is 1. The van der Waals surface area contributed by atoms with Crippen LogP contribution in [0.3, 0.4) is 0 Å². The quantitative estimate of drug-likeness (QED) is 0.394. The molecule has 1 aromatic rings. The molecule has 5 heteroatoms. The molecule has 1 heterocycles. The number of aromatic nitrogens is 3. The second-order valence-corrected chi connectivity index (χ2v) is 1.58. The third-order valence-electron chi connectivity index (χ3n) is 0.883. The molecule has 0 aliphatic rings. The van der Waals surface area contributed by atoms with Crippen LogP contribution in [0.1, 0.15) is 5.82 Å². The first-order valence-electron chi connectivity index (χ1n) is 2.78. The molecule has 1 rings (SSSR count). The summed E-state index contributed by atoms with van der Waals surface area (Å²) >= 11 is 0. The number of nitrogens with one attached hydrogen (secondary N) is 1. The van der Waals surface area contributed by atoms with Crippen LogP contribution in [0.2, 0.25) is 0 Å². The van der Waals surface area contributed by atoms with E-state index >= 15 is 0 Å². The molecule has 1 N–H and O–H groups in total. The van der Waals surface area contributed by atoms with Gasteiger partial charge in [-0.3, -0.25) is 5.10 Å². The lowest BCUT2D eigenvalue weighted by molar-refractivity contribution is -0.133. The minimum Gasteiger partial charge on any atom is -0.459 e. The predicted octanol–water partition coefficient (Wildman–Crippen LogP) is -0.671. The van der Waals surface area contributed by atoms with Crippen LogP contribution in [0.5, 0.6) is 0 Å². The summed E-state index contributed by atoms with van der Waals surface area (Å²) in [4.78, 5) is 14.1. The first-order valence-corrected chi connectivity index (χ1v) is 2.78. The largest absolute Gasteiger partial charge is 0.459 e. The molecule has 0 radical (unpaired) electrons. The number of methoxy groups -OCH3 is 1. The van der Waals surface area contributed by atoms with Gasteiger partial charge < -0.3 is 4.74 Å². The summed E-state index contributed by atoms with van der Waals surface area (Å²) in [6, 6.07) is 0. The fourth-order valence-electron chi connectivity index (χ4n) is 0.427. The molecule has 0 aromatic carbocycles. The molecule has 0 fully saturated rings. The van der Waals surface area contributed by atoms with Crippen LogP contribution in [0, 0.1) is 11.8 Å². The summed E-state index contributed by atoms with van der Waals surface area (Å²) < 4.78 is 4.27. The zero-order valence-corrected chi connectivity index (χ0v) is 5.79. The van der Waals surface area contributed by atoms with Gasteiger partial charge in [-0.25, -0.2) is 9.78 Å². The molecule has 0 aliphatic carbocycles. The molecular weight excluding hydrogens is 146 g/mol. The minimum atomic E-state index is -0.596. The molecule has 11 heavy (non-hydrogen) atoms. The van der Waals surface area contributed by atoms with Gasteiger partial charge in [0, 0.05) is 5.92 Å². The van der Waals surface area contributed by atoms with Crippen LogP contribution >= 0.6 is 0 Å². The number of ether oxygens (including phenoxy) is 1. The van der Waals surface area contributed by atoms with Crippen molar-refractivity contribution in [1.29, 1.82) is 0 Å². The lowest BCUT2D eigenvalue weighted by Gasteiger charge is -1.82. The van der Waals surface area contributed by atoms with Gasteiger partial charge in [-0.15, -0.1) is 0 Å². The van der Waals surface area contributed by atoms with E-state index in [1.807, 2.05) is 0 Å². The standard InChI is InChI=1S/C6H5N3O2/c1-11-6(10)3-2-5-7-4-8-9-5/h4H,1H3,(H,7,8,9). The van der Waals surface area contributed by atoms with Crippen molar-refractivity contribution in [3.8, 4) is 11.8 Å². The van der Waals surface area contributed by atoms with E-state index in [-0.39, 0.29) is 0 Å². The number of H-pyrrole nitrogens is 1. The fourth-order valence-corrected chi connectivity index (χ4v) is 0.427. The molecule has 0 aliphatic heterocycles. The molecule has 0 saturated heterocycles. The van der Waals surface area contributed by atoms with Crippen LogP contribution in [-0.4, -0.2) is 28.3 Å². The van der Waals surface area contributed by atoms with Crippen molar-refractivity contribution in [2.24, 2.45) is 0 Å². The van der Waals surface area contributed by atoms with Gasteiger partial charge in [0.25, 0.3) is 0 Å². The number of hydrogen-bond donors (Lipinski definition) is 1. The number of esters is 1. The molecule has 1 aromatic heterocycles. The maximum Gasteiger partial charge on any atom is 0.384 e. The zero-order valence-electron chi connectivity index (χ0n) is 5.79. The molecular formula is C6H5N3O2. The van der Waals surface area contributed by atoms with Gasteiger partial charge in [-0.2, -0.15) is 5.10 Å². The lowest BCUT2D eigenvalue weighted by Crippen LogP contribution is -1.94. The highest BCUT2D eigenvalue weighted by atomic mass is 16.5. The number of nitrogens with zero attached hydrogens (tertiary/aromatic N) is 2. The van der Waals surface area contributed by atoms with Gasteiger partial charge in [0.15, 0.2) is 0 Å². The Bertz CT molecular complexity index is 293. The Morgan fingerprint density at radius 1 is 1.82 bits per heavy atom. The maximum absolute atomic E-state index is 10.4. The van der Waals surface area contributed by atoms with Gasteiger partial charge in [0.2, 0.25) is 5.82 Å². The summed E-state index contributed by atoms with van der Waals surface area (Å²) in [7, 11) is 1.26. The number of carbonyl (C=O) groups excluding carboxylic acids is 1. The van der Waals surface area contributed by atoms with Gasteiger partial charge >= 0.3 is 5.97 Å². The van der Waals surface area contributed by atoms with Crippen molar-refractivity contribution in [1.82, 2.24) is 15.2 Å². The Hall–Kier alpha value is -1.83. The van der Waals surface area contributed by atoms with Crippen LogP contribution < -0.4 is 0 Å². The van der Waals surface area contributed by atoms with E-state index in [9.17, 15) is 4.79 Å². The smallest absolute Gasteiger partial charge is 0.384 e. The number of hydrogen-bond acceptors (Lipinski definition) is 4. The molecule has 0 unspecified atom stereocenters. The van der Waals surface area contributed by atoms with Crippen molar-refractivity contribution in [3.05, 3.63) is 12.2 Å². The Labute approximate surface area is 62.8 Å². The van der Waals surface area contributed by atoms with Crippen molar-refractivity contribution in [2.45, 2.75) is 0 Å². The Morgan fingerprint density at radius 3 is 3.18 bits per heavy atom. The fraction of sp³-hybridized carbons (Fsp3) is 0.167. The number of rotatable bonds is 0. The topological polar surface area (TPSA) is 67.9 Å². The average Bonchev–Trinajstić information content (AvgIpc) is 2.52. The predicted molar refractivity (Wildman–Crippen MR) is 35.3 cm³/mol. The Kier molecular flexibility index (Phi) is 2.23. The third kappa shape index (κ3) is 2.10. The van der Waals surface area contributed by atoms with E-state index in [1.54, 1.807) is 0 Å². The molecule has 5 nitrogen and oxygen atoms in total. The van der Waals surface area contributed by atoms with Crippen molar-refractivity contribution >= 4 is 5.97 Å². The summed E-state index contributed by atoms with van der Waals surface area (Å²) in [6.45, 7) is 0. The SMILES string of the molecule is COC(=O)C#Cc1ncn[nH]1. The second-order valence-electron chi connectivity index (χ2n) is 1.58. The van der Waals surface area contributed by atoms with E-state index in [2.05, 4.69) is 31.8 Å². The van der Waals surface area contributed by atoms with Crippen molar-refractivity contribution in [2.75, 3.05) is 7.11 Å². The molecule has 56 valence electrons. The molecule has 0 saturated carbocycles. The van der Waals surface area contributed by atoms with Gasteiger partial charge in [-0.05, 0) is 5.92 Å². The monoisotopic (exact) mass is 151 g/mol.